The predicted molar refractivity (Wildman–Crippen MR) is 121 cm³/mol. The molecule has 0 saturated heterocycles. The highest BCUT2D eigenvalue weighted by molar-refractivity contribution is 14.0. The molecule has 0 aromatic carbocycles. The SMILES string of the molecule is CCNC(=NCCCCn1ccnc1C)NCCc1nc(C)c(C)s1.I. The molecule has 0 saturated carbocycles. The summed E-state index contributed by atoms with van der Waals surface area (Å²) in [6, 6.07) is 0. The van der Waals surface area contributed by atoms with Gasteiger partial charge >= 0.3 is 0 Å². The molecule has 0 aliphatic heterocycles. The maximum Gasteiger partial charge on any atom is 0.191 e. The summed E-state index contributed by atoms with van der Waals surface area (Å²) < 4.78 is 2.19. The lowest BCUT2D eigenvalue weighted by molar-refractivity contribution is 0.600. The zero-order valence-corrected chi connectivity index (χ0v) is 19.4. The number of halogens is 1. The number of nitrogens with zero attached hydrogens (tertiary/aromatic N) is 4. The van der Waals surface area contributed by atoms with Crippen LogP contribution in [0.4, 0.5) is 0 Å². The van der Waals surface area contributed by atoms with Gasteiger partial charge in [0.2, 0.25) is 0 Å². The first kappa shape index (κ1) is 22.9. The Hall–Kier alpha value is -1.16. The largest absolute Gasteiger partial charge is 0.357 e. The summed E-state index contributed by atoms with van der Waals surface area (Å²) in [7, 11) is 0. The molecule has 2 heterocycles. The van der Waals surface area contributed by atoms with E-state index in [1.54, 1.807) is 11.3 Å². The third-order valence-corrected chi connectivity index (χ3v) is 5.18. The van der Waals surface area contributed by atoms with Crippen molar-refractivity contribution in [2.24, 2.45) is 4.99 Å². The maximum atomic E-state index is 4.66. The third kappa shape index (κ3) is 7.61. The molecule has 2 N–H and O–H groups in total. The molecule has 0 aliphatic rings. The Bertz CT molecular complexity index is 660. The maximum absolute atomic E-state index is 4.66. The third-order valence-electron chi connectivity index (χ3n) is 4.05. The standard InChI is InChI=1S/C18H30N6S.HI/c1-5-19-18(22-10-8-17-23-14(2)15(3)25-17)21-9-6-7-12-24-13-11-20-16(24)4;/h11,13H,5-10,12H2,1-4H3,(H2,19,21,22);1H. The molecule has 0 atom stereocenters. The highest BCUT2D eigenvalue weighted by Crippen LogP contribution is 2.16. The van der Waals surface area contributed by atoms with E-state index in [0.29, 0.717) is 0 Å². The number of rotatable bonds is 9. The molecule has 8 heteroatoms. The molecular formula is C18H31IN6S. The minimum atomic E-state index is 0. The number of hydrogen-bond donors (Lipinski definition) is 2. The van der Waals surface area contributed by atoms with Crippen LogP contribution in [0.2, 0.25) is 0 Å². The van der Waals surface area contributed by atoms with E-state index in [2.05, 4.69) is 50.9 Å². The number of guanidine groups is 1. The van der Waals surface area contributed by atoms with Crippen LogP contribution in [0.15, 0.2) is 17.4 Å². The van der Waals surface area contributed by atoms with E-state index in [1.807, 2.05) is 19.3 Å². The quantitative estimate of drug-likeness (QED) is 0.245. The van der Waals surface area contributed by atoms with Gasteiger partial charge in [0.15, 0.2) is 5.96 Å². The highest BCUT2D eigenvalue weighted by atomic mass is 127. The molecule has 2 aromatic rings. The molecule has 0 aliphatic carbocycles. The smallest absolute Gasteiger partial charge is 0.191 e. The lowest BCUT2D eigenvalue weighted by Gasteiger charge is -2.10. The van der Waals surface area contributed by atoms with Gasteiger partial charge in [0.05, 0.1) is 10.7 Å². The summed E-state index contributed by atoms with van der Waals surface area (Å²) in [5, 5.41) is 7.90. The van der Waals surface area contributed by atoms with Gasteiger partial charge in [0, 0.05) is 49.9 Å². The number of aryl methyl sites for hydroxylation is 4. The van der Waals surface area contributed by atoms with Gasteiger partial charge in [-0.3, -0.25) is 4.99 Å². The highest BCUT2D eigenvalue weighted by Gasteiger charge is 2.04. The fraction of sp³-hybridized carbons (Fsp3) is 0.611. The van der Waals surface area contributed by atoms with Crippen LogP contribution >= 0.6 is 35.3 Å². The second kappa shape index (κ2) is 12.3. The second-order valence-corrected chi connectivity index (χ2v) is 7.35. The summed E-state index contributed by atoms with van der Waals surface area (Å²) in [6.45, 7) is 11.9. The first-order valence-electron chi connectivity index (χ1n) is 9.03. The Kier molecular flexibility index (Phi) is 10.8. The first-order valence-corrected chi connectivity index (χ1v) is 9.84. The molecule has 26 heavy (non-hydrogen) atoms. The monoisotopic (exact) mass is 490 g/mol. The number of thiazole rings is 1. The minimum Gasteiger partial charge on any atom is -0.357 e. The number of aromatic nitrogens is 3. The van der Waals surface area contributed by atoms with Crippen molar-refractivity contribution >= 4 is 41.3 Å². The van der Waals surface area contributed by atoms with Crippen LogP contribution in [0.5, 0.6) is 0 Å². The van der Waals surface area contributed by atoms with E-state index >= 15 is 0 Å². The molecule has 146 valence electrons. The van der Waals surface area contributed by atoms with E-state index in [9.17, 15) is 0 Å². The van der Waals surface area contributed by atoms with Gasteiger partial charge in [-0.2, -0.15) is 0 Å². The molecular weight excluding hydrogens is 459 g/mol. The second-order valence-electron chi connectivity index (χ2n) is 6.06. The lowest BCUT2D eigenvalue weighted by atomic mass is 10.3. The minimum absolute atomic E-state index is 0. The first-order chi connectivity index (χ1) is 12.1. The van der Waals surface area contributed by atoms with Crippen molar-refractivity contribution in [2.75, 3.05) is 19.6 Å². The zero-order chi connectivity index (χ0) is 18.1. The predicted octanol–water partition coefficient (Wildman–Crippen LogP) is 3.46. The van der Waals surface area contributed by atoms with Gasteiger partial charge in [0.25, 0.3) is 0 Å². The Balaban J connectivity index is 0.00000338. The lowest BCUT2D eigenvalue weighted by Crippen LogP contribution is -2.38. The van der Waals surface area contributed by atoms with Crippen LogP contribution in [-0.2, 0) is 13.0 Å². The van der Waals surface area contributed by atoms with E-state index in [1.165, 1.54) is 9.88 Å². The van der Waals surface area contributed by atoms with Crippen molar-refractivity contribution in [2.45, 2.75) is 53.5 Å². The number of aliphatic imine (C=N–C) groups is 1. The van der Waals surface area contributed by atoms with Crippen molar-refractivity contribution in [3.05, 3.63) is 33.8 Å². The van der Waals surface area contributed by atoms with Crippen molar-refractivity contribution in [3.8, 4) is 0 Å². The van der Waals surface area contributed by atoms with E-state index in [-0.39, 0.29) is 24.0 Å². The normalized spacial score (nSPS) is 11.3. The van der Waals surface area contributed by atoms with Gasteiger partial charge in [-0.25, -0.2) is 9.97 Å². The Morgan fingerprint density at radius 2 is 2.04 bits per heavy atom. The van der Waals surface area contributed by atoms with Crippen LogP contribution in [0, 0.1) is 20.8 Å². The number of imidazole rings is 1. The average Bonchev–Trinajstić information content (AvgIpc) is 3.12. The van der Waals surface area contributed by atoms with Crippen LogP contribution in [0.3, 0.4) is 0 Å². The topological polar surface area (TPSA) is 67.1 Å². The van der Waals surface area contributed by atoms with Crippen LogP contribution in [0.25, 0.3) is 0 Å². The van der Waals surface area contributed by atoms with Gasteiger partial charge in [-0.15, -0.1) is 35.3 Å². The molecule has 2 rings (SSSR count). The van der Waals surface area contributed by atoms with Gasteiger partial charge < -0.3 is 15.2 Å². The number of unbranched alkanes of at least 4 members (excludes halogenated alkanes) is 1. The molecule has 0 fully saturated rings. The molecule has 0 unspecified atom stereocenters. The van der Waals surface area contributed by atoms with Crippen LogP contribution < -0.4 is 10.6 Å². The number of hydrogen-bond acceptors (Lipinski definition) is 4. The Morgan fingerprint density at radius 3 is 2.65 bits per heavy atom. The molecule has 0 amide bonds. The van der Waals surface area contributed by atoms with Crippen LogP contribution in [-0.4, -0.2) is 40.1 Å². The van der Waals surface area contributed by atoms with Crippen molar-refractivity contribution < 1.29 is 0 Å². The summed E-state index contributed by atoms with van der Waals surface area (Å²) in [5.41, 5.74) is 1.15. The zero-order valence-electron chi connectivity index (χ0n) is 16.2. The molecule has 0 bridgehead atoms. The average molecular weight is 490 g/mol. The van der Waals surface area contributed by atoms with E-state index in [4.69, 9.17) is 0 Å². The van der Waals surface area contributed by atoms with Crippen LogP contribution in [0.1, 0.15) is 41.2 Å². The molecule has 6 nitrogen and oxygen atoms in total. The van der Waals surface area contributed by atoms with E-state index < -0.39 is 0 Å². The van der Waals surface area contributed by atoms with Gasteiger partial charge in [0.1, 0.15) is 5.82 Å². The van der Waals surface area contributed by atoms with Gasteiger partial charge in [-0.1, -0.05) is 0 Å². The van der Waals surface area contributed by atoms with E-state index in [0.717, 1.165) is 62.9 Å². The molecule has 0 radical (unpaired) electrons. The summed E-state index contributed by atoms with van der Waals surface area (Å²) in [6.07, 6.45) is 7.00. The fourth-order valence-electron chi connectivity index (χ4n) is 2.50. The Morgan fingerprint density at radius 1 is 1.23 bits per heavy atom. The molecule has 0 spiro atoms. The van der Waals surface area contributed by atoms with Gasteiger partial charge in [-0.05, 0) is 40.5 Å². The van der Waals surface area contributed by atoms with Crippen molar-refractivity contribution in [3.63, 3.8) is 0 Å². The summed E-state index contributed by atoms with van der Waals surface area (Å²) >= 11 is 1.78. The Labute approximate surface area is 178 Å². The fourth-order valence-corrected chi connectivity index (χ4v) is 3.43. The summed E-state index contributed by atoms with van der Waals surface area (Å²) in [4.78, 5) is 14.8. The van der Waals surface area contributed by atoms with Crippen molar-refractivity contribution in [1.29, 1.82) is 0 Å². The summed E-state index contributed by atoms with van der Waals surface area (Å²) in [5.74, 6) is 1.97. The van der Waals surface area contributed by atoms with Crippen molar-refractivity contribution in [1.82, 2.24) is 25.2 Å². The number of nitrogens with one attached hydrogen (secondary N) is 2. The molecule has 2 aromatic heterocycles.